The first-order chi connectivity index (χ1) is 11.5. The molecule has 1 atom stereocenters. The Morgan fingerprint density at radius 1 is 1.08 bits per heavy atom. The molecule has 1 aromatic carbocycles. The van der Waals surface area contributed by atoms with Crippen molar-refractivity contribution in [3.05, 3.63) is 34.3 Å². The van der Waals surface area contributed by atoms with Crippen LogP contribution in [0.25, 0.3) is 0 Å². The van der Waals surface area contributed by atoms with Crippen molar-refractivity contribution in [2.75, 3.05) is 26.2 Å². The molecule has 7 heteroatoms. The molecule has 0 amide bonds. The summed E-state index contributed by atoms with van der Waals surface area (Å²) in [6.07, 6.45) is 1.37. The van der Waals surface area contributed by atoms with Crippen LogP contribution in [-0.4, -0.2) is 31.1 Å². The molecular weight excluding hydrogens is 372 g/mol. The summed E-state index contributed by atoms with van der Waals surface area (Å²) < 4.78 is 39.8. The largest absolute Gasteiger partial charge is 0.417 e. The zero-order valence-corrected chi connectivity index (χ0v) is 15.7. The minimum atomic E-state index is -4.41. The van der Waals surface area contributed by atoms with E-state index in [0.29, 0.717) is 5.92 Å². The molecule has 1 saturated carbocycles. The molecule has 3 rings (SSSR count). The number of halogens is 5. The molecule has 1 heterocycles. The van der Waals surface area contributed by atoms with Gasteiger partial charge in [0, 0.05) is 32.2 Å². The van der Waals surface area contributed by atoms with Gasteiger partial charge in [0.1, 0.15) is 0 Å². The van der Waals surface area contributed by atoms with Gasteiger partial charge in [-0.25, -0.2) is 0 Å². The molecule has 1 aromatic rings. The van der Waals surface area contributed by atoms with E-state index in [1.807, 2.05) is 0 Å². The Morgan fingerprint density at radius 3 is 2.32 bits per heavy atom. The lowest BCUT2D eigenvalue weighted by atomic mass is 9.80. The van der Waals surface area contributed by atoms with Crippen LogP contribution in [0.4, 0.5) is 13.2 Å². The fourth-order valence-corrected chi connectivity index (χ4v) is 4.36. The summed E-state index contributed by atoms with van der Waals surface area (Å²) in [5, 5.41) is 3.11. The first-order valence-corrected chi connectivity index (χ1v) is 9.16. The van der Waals surface area contributed by atoms with Gasteiger partial charge >= 0.3 is 6.18 Å². The fraction of sp³-hybridized carbons (Fsp3) is 0.667. The molecule has 1 saturated heterocycles. The summed E-state index contributed by atoms with van der Waals surface area (Å²) in [5.41, 5.74) is 0.0538. The van der Waals surface area contributed by atoms with E-state index in [2.05, 4.69) is 10.2 Å². The normalized spacial score (nSPS) is 21.6. The number of nitrogens with zero attached hydrogens (tertiary/aromatic N) is 1. The van der Waals surface area contributed by atoms with Crippen LogP contribution < -0.4 is 5.32 Å². The Bertz CT molecular complexity index is 536. The summed E-state index contributed by atoms with van der Waals surface area (Å²) in [5.74, 6) is 0.430. The SMILES string of the molecule is Cl.FC(F)(F)c1cc([C@H](C2CCCCC2)N2CCNCC2)ccc1Cl. The third kappa shape index (κ3) is 5.03. The van der Waals surface area contributed by atoms with Crippen LogP contribution >= 0.6 is 24.0 Å². The van der Waals surface area contributed by atoms with Gasteiger partial charge in [-0.1, -0.05) is 36.9 Å². The van der Waals surface area contributed by atoms with Crippen molar-refractivity contribution in [2.45, 2.75) is 44.3 Å². The van der Waals surface area contributed by atoms with Crippen LogP contribution in [-0.2, 0) is 6.18 Å². The Hall–Kier alpha value is -0.490. The van der Waals surface area contributed by atoms with Crippen molar-refractivity contribution in [1.29, 1.82) is 0 Å². The van der Waals surface area contributed by atoms with Crippen molar-refractivity contribution < 1.29 is 13.2 Å². The molecule has 142 valence electrons. The zero-order valence-electron chi connectivity index (χ0n) is 14.1. The zero-order chi connectivity index (χ0) is 17.2. The highest BCUT2D eigenvalue weighted by Crippen LogP contribution is 2.42. The predicted octanol–water partition coefficient (Wildman–Crippen LogP) is 5.31. The summed E-state index contributed by atoms with van der Waals surface area (Å²) in [6.45, 7) is 3.54. The van der Waals surface area contributed by atoms with Gasteiger partial charge in [0.15, 0.2) is 0 Å². The molecule has 2 nitrogen and oxygen atoms in total. The van der Waals surface area contributed by atoms with Gasteiger partial charge in [0.25, 0.3) is 0 Å². The standard InChI is InChI=1S/C18H24ClF3N2.ClH/c19-16-7-6-14(12-15(16)18(20,21)22)17(13-4-2-1-3-5-13)24-10-8-23-9-11-24;/h6-7,12-13,17,23H,1-5,8-11H2;1H/t17-;/m0./s1. The molecule has 1 aliphatic heterocycles. The molecule has 0 unspecified atom stereocenters. The molecule has 1 aliphatic carbocycles. The first-order valence-electron chi connectivity index (χ1n) is 8.78. The highest BCUT2D eigenvalue weighted by molar-refractivity contribution is 6.31. The summed E-state index contributed by atoms with van der Waals surface area (Å²) in [4.78, 5) is 2.36. The average molecular weight is 397 g/mol. The molecule has 1 N–H and O–H groups in total. The van der Waals surface area contributed by atoms with Gasteiger partial charge < -0.3 is 5.32 Å². The first kappa shape index (κ1) is 20.8. The van der Waals surface area contributed by atoms with Gasteiger partial charge in [-0.15, -0.1) is 12.4 Å². The number of nitrogens with one attached hydrogen (secondary N) is 1. The van der Waals surface area contributed by atoms with Gasteiger partial charge in [-0.05, 0) is 36.5 Å². The van der Waals surface area contributed by atoms with Crippen LogP contribution in [0.15, 0.2) is 18.2 Å². The quantitative estimate of drug-likeness (QED) is 0.744. The Kier molecular flexibility index (Phi) is 7.44. The van der Waals surface area contributed by atoms with E-state index in [-0.39, 0.29) is 23.5 Å². The highest BCUT2D eigenvalue weighted by Gasteiger charge is 2.36. The van der Waals surface area contributed by atoms with Crippen molar-refractivity contribution >= 4 is 24.0 Å². The van der Waals surface area contributed by atoms with E-state index in [4.69, 9.17) is 11.6 Å². The number of rotatable bonds is 3. The van der Waals surface area contributed by atoms with Gasteiger partial charge in [0.05, 0.1) is 10.6 Å². The molecule has 2 fully saturated rings. The minimum Gasteiger partial charge on any atom is -0.314 e. The van der Waals surface area contributed by atoms with E-state index in [1.165, 1.54) is 31.4 Å². The monoisotopic (exact) mass is 396 g/mol. The maximum atomic E-state index is 13.3. The smallest absolute Gasteiger partial charge is 0.314 e. The number of hydrogen-bond acceptors (Lipinski definition) is 2. The fourth-order valence-electron chi connectivity index (χ4n) is 4.14. The number of alkyl halides is 3. The van der Waals surface area contributed by atoms with Crippen LogP contribution in [0.1, 0.15) is 49.3 Å². The number of piperazine rings is 1. The van der Waals surface area contributed by atoms with Crippen LogP contribution in [0.2, 0.25) is 5.02 Å². The second-order valence-corrected chi connectivity index (χ2v) is 7.27. The third-order valence-corrected chi connectivity index (χ3v) is 5.61. The van der Waals surface area contributed by atoms with Gasteiger partial charge in [0.2, 0.25) is 0 Å². The summed E-state index contributed by atoms with van der Waals surface area (Å²) in [6, 6.07) is 4.55. The lowest BCUT2D eigenvalue weighted by molar-refractivity contribution is -0.137. The summed E-state index contributed by atoms with van der Waals surface area (Å²) >= 11 is 5.81. The second kappa shape index (κ2) is 8.94. The molecule has 0 radical (unpaired) electrons. The lowest BCUT2D eigenvalue weighted by Crippen LogP contribution is -2.47. The predicted molar refractivity (Wildman–Crippen MR) is 97.5 cm³/mol. The molecule has 0 aromatic heterocycles. The van der Waals surface area contributed by atoms with Crippen molar-refractivity contribution in [2.24, 2.45) is 5.92 Å². The molecule has 0 spiro atoms. The summed E-state index contributed by atoms with van der Waals surface area (Å²) in [7, 11) is 0. The molecule has 0 bridgehead atoms. The van der Waals surface area contributed by atoms with Gasteiger partial charge in [-0.3, -0.25) is 4.90 Å². The maximum Gasteiger partial charge on any atom is 0.417 e. The maximum absolute atomic E-state index is 13.3. The molecule has 25 heavy (non-hydrogen) atoms. The second-order valence-electron chi connectivity index (χ2n) is 6.87. The third-order valence-electron chi connectivity index (χ3n) is 5.28. The highest BCUT2D eigenvalue weighted by atomic mass is 35.5. The van der Waals surface area contributed by atoms with Crippen molar-refractivity contribution in [3.63, 3.8) is 0 Å². The van der Waals surface area contributed by atoms with Crippen molar-refractivity contribution in [3.8, 4) is 0 Å². The molecule has 2 aliphatic rings. The van der Waals surface area contributed by atoms with E-state index in [9.17, 15) is 13.2 Å². The lowest BCUT2D eigenvalue weighted by Gasteiger charge is -2.41. The van der Waals surface area contributed by atoms with Crippen molar-refractivity contribution in [1.82, 2.24) is 10.2 Å². The average Bonchev–Trinajstić information content (AvgIpc) is 2.57. The Morgan fingerprint density at radius 2 is 1.72 bits per heavy atom. The van der Waals surface area contributed by atoms with E-state index >= 15 is 0 Å². The van der Waals surface area contributed by atoms with E-state index in [0.717, 1.165) is 44.6 Å². The van der Waals surface area contributed by atoms with Gasteiger partial charge in [-0.2, -0.15) is 13.2 Å². The Labute approximate surface area is 158 Å². The Balaban J connectivity index is 0.00000225. The van der Waals surface area contributed by atoms with E-state index in [1.54, 1.807) is 6.07 Å². The number of hydrogen-bond donors (Lipinski definition) is 1. The van der Waals surface area contributed by atoms with Crippen LogP contribution in [0.5, 0.6) is 0 Å². The topological polar surface area (TPSA) is 15.3 Å². The molecular formula is C18H25Cl2F3N2. The van der Waals surface area contributed by atoms with Crippen LogP contribution in [0, 0.1) is 5.92 Å². The minimum absolute atomic E-state index is 0. The van der Waals surface area contributed by atoms with Crippen LogP contribution in [0.3, 0.4) is 0 Å². The number of benzene rings is 1. The van der Waals surface area contributed by atoms with E-state index < -0.39 is 11.7 Å².